The SMILES string of the molecule is CCCNc1ccc(COc2ccc(CCC)cc2)cn1. The van der Waals surface area contributed by atoms with Crippen molar-refractivity contribution in [1.82, 2.24) is 4.98 Å². The fraction of sp³-hybridized carbons (Fsp3) is 0.389. The Kier molecular flexibility index (Phi) is 6.07. The standard InChI is InChI=1S/C18H24N2O/c1-3-5-15-6-9-17(10-7-15)21-14-16-8-11-18(20-13-16)19-12-4-2/h6-11,13H,3-5,12,14H2,1-2H3,(H,19,20). The van der Waals surface area contributed by atoms with Crippen molar-refractivity contribution in [2.24, 2.45) is 0 Å². The Morgan fingerprint density at radius 3 is 2.33 bits per heavy atom. The number of anilines is 1. The zero-order chi connectivity index (χ0) is 14.9. The molecule has 0 saturated heterocycles. The van der Waals surface area contributed by atoms with E-state index < -0.39 is 0 Å². The van der Waals surface area contributed by atoms with E-state index in [1.807, 2.05) is 24.4 Å². The number of hydrogen-bond donors (Lipinski definition) is 1. The van der Waals surface area contributed by atoms with Gasteiger partial charge in [-0.15, -0.1) is 0 Å². The highest BCUT2D eigenvalue weighted by molar-refractivity contribution is 5.35. The van der Waals surface area contributed by atoms with Crippen LogP contribution in [0.3, 0.4) is 0 Å². The lowest BCUT2D eigenvalue weighted by Crippen LogP contribution is -2.02. The third kappa shape index (κ3) is 5.10. The van der Waals surface area contributed by atoms with Gasteiger partial charge in [0.05, 0.1) is 0 Å². The fourth-order valence-corrected chi connectivity index (χ4v) is 2.08. The van der Waals surface area contributed by atoms with Gasteiger partial charge in [-0.3, -0.25) is 0 Å². The van der Waals surface area contributed by atoms with Gasteiger partial charge in [-0.05, 0) is 36.6 Å². The molecule has 1 aromatic heterocycles. The molecule has 0 amide bonds. The van der Waals surface area contributed by atoms with E-state index in [0.29, 0.717) is 6.61 Å². The molecule has 3 nitrogen and oxygen atoms in total. The Morgan fingerprint density at radius 2 is 1.71 bits per heavy atom. The molecule has 0 atom stereocenters. The predicted octanol–water partition coefficient (Wildman–Crippen LogP) is 4.44. The van der Waals surface area contributed by atoms with Crippen LogP contribution >= 0.6 is 0 Å². The zero-order valence-electron chi connectivity index (χ0n) is 12.9. The van der Waals surface area contributed by atoms with E-state index in [0.717, 1.165) is 36.5 Å². The second kappa shape index (κ2) is 8.30. The van der Waals surface area contributed by atoms with E-state index in [1.54, 1.807) is 0 Å². The first kappa shape index (κ1) is 15.4. The number of pyridine rings is 1. The number of ether oxygens (including phenoxy) is 1. The van der Waals surface area contributed by atoms with E-state index in [-0.39, 0.29) is 0 Å². The Morgan fingerprint density at radius 1 is 0.952 bits per heavy atom. The molecule has 21 heavy (non-hydrogen) atoms. The quantitative estimate of drug-likeness (QED) is 0.778. The Bertz CT molecular complexity index is 520. The van der Waals surface area contributed by atoms with Crippen molar-refractivity contribution >= 4 is 5.82 Å². The lowest BCUT2D eigenvalue weighted by atomic mass is 10.1. The number of aryl methyl sites for hydroxylation is 1. The van der Waals surface area contributed by atoms with Crippen LogP contribution in [-0.4, -0.2) is 11.5 Å². The van der Waals surface area contributed by atoms with Crippen molar-refractivity contribution in [3.8, 4) is 5.75 Å². The van der Waals surface area contributed by atoms with Crippen molar-refractivity contribution in [1.29, 1.82) is 0 Å². The second-order valence-corrected chi connectivity index (χ2v) is 5.16. The van der Waals surface area contributed by atoms with Crippen LogP contribution in [0.2, 0.25) is 0 Å². The number of benzene rings is 1. The molecule has 0 radical (unpaired) electrons. The third-order valence-electron chi connectivity index (χ3n) is 3.25. The molecule has 0 fully saturated rings. The highest BCUT2D eigenvalue weighted by Gasteiger charge is 1.99. The largest absolute Gasteiger partial charge is 0.489 e. The van der Waals surface area contributed by atoms with Gasteiger partial charge in [-0.1, -0.05) is 38.5 Å². The molecular formula is C18H24N2O. The van der Waals surface area contributed by atoms with E-state index in [4.69, 9.17) is 4.74 Å². The van der Waals surface area contributed by atoms with Gasteiger partial charge in [-0.25, -0.2) is 4.98 Å². The molecule has 1 aromatic carbocycles. The minimum Gasteiger partial charge on any atom is -0.489 e. The second-order valence-electron chi connectivity index (χ2n) is 5.16. The molecular weight excluding hydrogens is 260 g/mol. The van der Waals surface area contributed by atoms with Crippen LogP contribution in [0.4, 0.5) is 5.82 Å². The normalized spacial score (nSPS) is 10.4. The first-order chi connectivity index (χ1) is 10.3. The van der Waals surface area contributed by atoms with E-state index in [1.165, 1.54) is 12.0 Å². The number of nitrogens with one attached hydrogen (secondary N) is 1. The van der Waals surface area contributed by atoms with Gasteiger partial charge in [0.1, 0.15) is 18.2 Å². The summed E-state index contributed by atoms with van der Waals surface area (Å²) in [6.07, 6.45) is 5.25. The van der Waals surface area contributed by atoms with Crippen LogP contribution in [0, 0.1) is 0 Å². The Labute approximate surface area is 127 Å². The lowest BCUT2D eigenvalue weighted by Gasteiger charge is -2.08. The number of nitrogens with zero attached hydrogens (tertiary/aromatic N) is 1. The first-order valence-electron chi connectivity index (χ1n) is 7.72. The van der Waals surface area contributed by atoms with Gasteiger partial charge >= 0.3 is 0 Å². The molecule has 0 aliphatic carbocycles. The van der Waals surface area contributed by atoms with Gasteiger partial charge in [0.2, 0.25) is 0 Å². The highest BCUT2D eigenvalue weighted by Crippen LogP contribution is 2.15. The molecule has 0 saturated carbocycles. The highest BCUT2D eigenvalue weighted by atomic mass is 16.5. The summed E-state index contributed by atoms with van der Waals surface area (Å²) in [4.78, 5) is 4.38. The summed E-state index contributed by atoms with van der Waals surface area (Å²) in [5, 5.41) is 3.26. The molecule has 2 rings (SSSR count). The van der Waals surface area contributed by atoms with Crippen LogP contribution in [0.25, 0.3) is 0 Å². The summed E-state index contributed by atoms with van der Waals surface area (Å²) in [6.45, 7) is 5.83. The average molecular weight is 284 g/mol. The van der Waals surface area contributed by atoms with E-state index in [2.05, 4.69) is 42.3 Å². The summed E-state index contributed by atoms with van der Waals surface area (Å²) in [5.74, 6) is 1.83. The van der Waals surface area contributed by atoms with Gasteiger partial charge in [0.15, 0.2) is 0 Å². The van der Waals surface area contributed by atoms with Crippen molar-refractivity contribution in [3.63, 3.8) is 0 Å². The monoisotopic (exact) mass is 284 g/mol. The number of hydrogen-bond acceptors (Lipinski definition) is 3. The van der Waals surface area contributed by atoms with Crippen molar-refractivity contribution in [2.45, 2.75) is 39.7 Å². The summed E-state index contributed by atoms with van der Waals surface area (Å²) in [6, 6.07) is 12.4. The molecule has 2 aromatic rings. The maximum absolute atomic E-state index is 5.79. The minimum atomic E-state index is 0.550. The molecule has 0 aliphatic rings. The third-order valence-corrected chi connectivity index (χ3v) is 3.25. The number of aromatic nitrogens is 1. The summed E-state index contributed by atoms with van der Waals surface area (Å²) in [5.41, 5.74) is 2.44. The lowest BCUT2D eigenvalue weighted by molar-refractivity contribution is 0.305. The summed E-state index contributed by atoms with van der Waals surface area (Å²) < 4.78 is 5.79. The molecule has 0 aliphatic heterocycles. The van der Waals surface area contributed by atoms with Crippen LogP contribution in [0.5, 0.6) is 5.75 Å². The first-order valence-corrected chi connectivity index (χ1v) is 7.72. The summed E-state index contributed by atoms with van der Waals surface area (Å²) >= 11 is 0. The van der Waals surface area contributed by atoms with Crippen molar-refractivity contribution in [2.75, 3.05) is 11.9 Å². The smallest absolute Gasteiger partial charge is 0.125 e. The zero-order valence-corrected chi connectivity index (χ0v) is 12.9. The van der Waals surface area contributed by atoms with Crippen LogP contribution < -0.4 is 10.1 Å². The Hall–Kier alpha value is -2.03. The Balaban J connectivity index is 1.84. The topological polar surface area (TPSA) is 34.1 Å². The molecule has 0 spiro atoms. The molecule has 112 valence electrons. The molecule has 1 heterocycles. The van der Waals surface area contributed by atoms with Gasteiger partial charge in [0, 0.05) is 18.3 Å². The van der Waals surface area contributed by atoms with Gasteiger partial charge < -0.3 is 10.1 Å². The van der Waals surface area contributed by atoms with E-state index >= 15 is 0 Å². The fourth-order valence-electron chi connectivity index (χ4n) is 2.08. The van der Waals surface area contributed by atoms with Crippen LogP contribution in [0.1, 0.15) is 37.8 Å². The van der Waals surface area contributed by atoms with Crippen molar-refractivity contribution in [3.05, 3.63) is 53.7 Å². The molecule has 3 heteroatoms. The number of rotatable bonds is 8. The van der Waals surface area contributed by atoms with Crippen molar-refractivity contribution < 1.29 is 4.74 Å². The van der Waals surface area contributed by atoms with Gasteiger partial charge in [0.25, 0.3) is 0 Å². The summed E-state index contributed by atoms with van der Waals surface area (Å²) in [7, 11) is 0. The molecule has 0 bridgehead atoms. The molecule has 0 unspecified atom stereocenters. The minimum absolute atomic E-state index is 0.550. The van der Waals surface area contributed by atoms with Gasteiger partial charge in [-0.2, -0.15) is 0 Å². The van der Waals surface area contributed by atoms with Crippen LogP contribution in [0.15, 0.2) is 42.6 Å². The predicted molar refractivity (Wildman–Crippen MR) is 87.8 cm³/mol. The molecule has 1 N–H and O–H groups in total. The van der Waals surface area contributed by atoms with E-state index in [9.17, 15) is 0 Å². The maximum atomic E-state index is 5.79. The van der Waals surface area contributed by atoms with Crippen LogP contribution in [-0.2, 0) is 13.0 Å². The average Bonchev–Trinajstić information content (AvgIpc) is 2.53. The maximum Gasteiger partial charge on any atom is 0.125 e.